The maximum absolute atomic E-state index is 10.2. The number of aromatic hydroxyl groups is 1. The molecule has 1 aliphatic heterocycles. The topological polar surface area (TPSA) is 48.4 Å². The highest BCUT2D eigenvalue weighted by atomic mass is 16.3. The van der Waals surface area contributed by atoms with Gasteiger partial charge in [-0.05, 0) is 37.0 Å². The summed E-state index contributed by atoms with van der Waals surface area (Å²) in [5.41, 5.74) is 2.15. The number of phenols is 1. The first kappa shape index (κ1) is 17.9. The molecule has 0 radical (unpaired) electrons. The molecule has 0 spiro atoms. The lowest BCUT2D eigenvalue weighted by Crippen LogP contribution is -2.48. The average Bonchev–Trinajstić information content (AvgIpc) is 2.63. The molecular weight excluding hydrogens is 310 g/mol. The number of benzene rings is 1. The summed E-state index contributed by atoms with van der Waals surface area (Å²) >= 11 is 0. The van der Waals surface area contributed by atoms with Crippen LogP contribution in [0.15, 0.2) is 48.7 Å². The molecule has 1 aliphatic rings. The van der Waals surface area contributed by atoms with E-state index >= 15 is 0 Å². The fraction of sp³-hybridized carbons (Fsp3) is 0.476. The van der Waals surface area contributed by atoms with Crippen molar-refractivity contribution >= 4 is 0 Å². The molecule has 2 N–H and O–H groups in total. The summed E-state index contributed by atoms with van der Waals surface area (Å²) in [6.07, 6.45) is 3.96. The number of hydrogen-bond acceptors (Lipinski definition) is 4. The van der Waals surface area contributed by atoms with Crippen LogP contribution in [0.3, 0.4) is 0 Å². The molecule has 2 heterocycles. The highest BCUT2D eigenvalue weighted by Crippen LogP contribution is 2.28. The maximum atomic E-state index is 10.2. The first-order chi connectivity index (χ1) is 12.2. The molecule has 0 saturated carbocycles. The largest absolute Gasteiger partial charge is 0.508 e. The number of nitrogens with zero attached hydrogens (tertiary/aromatic N) is 2. The van der Waals surface area contributed by atoms with Gasteiger partial charge in [-0.1, -0.05) is 38.1 Å². The monoisotopic (exact) mass is 339 g/mol. The van der Waals surface area contributed by atoms with E-state index in [1.165, 1.54) is 0 Å². The van der Waals surface area contributed by atoms with Crippen molar-refractivity contribution in [3.63, 3.8) is 0 Å². The number of aromatic nitrogens is 1. The third-order valence-electron chi connectivity index (χ3n) is 5.24. The van der Waals surface area contributed by atoms with Gasteiger partial charge in [-0.2, -0.15) is 0 Å². The zero-order valence-corrected chi connectivity index (χ0v) is 15.2. The number of rotatable bonds is 6. The summed E-state index contributed by atoms with van der Waals surface area (Å²) in [4.78, 5) is 6.94. The fourth-order valence-corrected chi connectivity index (χ4v) is 3.81. The van der Waals surface area contributed by atoms with Crippen molar-refractivity contribution in [2.75, 3.05) is 13.1 Å². The van der Waals surface area contributed by atoms with Gasteiger partial charge in [0.1, 0.15) is 5.75 Å². The van der Waals surface area contributed by atoms with Crippen molar-refractivity contribution in [3.05, 3.63) is 59.9 Å². The Hall–Kier alpha value is -1.91. The second-order valence-corrected chi connectivity index (χ2v) is 7.11. The van der Waals surface area contributed by atoms with Gasteiger partial charge in [0.2, 0.25) is 0 Å². The van der Waals surface area contributed by atoms with Crippen molar-refractivity contribution in [1.29, 1.82) is 0 Å². The third-order valence-corrected chi connectivity index (χ3v) is 5.24. The van der Waals surface area contributed by atoms with Gasteiger partial charge in [0.15, 0.2) is 0 Å². The second-order valence-electron chi connectivity index (χ2n) is 7.11. The molecule has 1 fully saturated rings. The normalized spacial score (nSPS) is 22.6. The second kappa shape index (κ2) is 8.45. The summed E-state index contributed by atoms with van der Waals surface area (Å²) in [5.74, 6) is 0.958. The van der Waals surface area contributed by atoms with Crippen LogP contribution in [0.1, 0.15) is 44.0 Å². The van der Waals surface area contributed by atoms with Gasteiger partial charge < -0.3 is 10.4 Å². The molecule has 4 nitrogen and oxygen atoms in total. The van der Waals surface area contributed by atoms with Gasteiger partial charge in [0.25, 0.3) is 0 Å². The number of phenolic OH excluding ortho intramolecular Hbond substituents is 1. The smallest absolute Gasteiger partial charge is 0.120 e. The van der Waals surface area contributed by atoms with Gasteiger partial charge in [0, 0.05) is 43.5 Å². The molecule has 1 aromatic carbocycles. The van der Waals surface area contributed by atoms with Crippen LogP contribution in [0.2, 0.25) is 0 Å². The van der Waals surface area contributed by atoms with Crippen molar-refractivity contribution < 1.29 is 5.11 Å². The number of para-hydroxylation sites is 1. The fourth-order valence-electron chi connectivity index (χ4n) is 3.81. The molecule has 0 bridgehead atoms. The summed E-state index contributed by atoms with van der Waals surface area (Å²) < 4.78 is 0. The van der Waals surface area contributed by atoms with E-state index in [4.69, 9.17) is 0 Å². The van der Waals surface area contributed by atoms with Crippen molar-refractivity contribution in [2.45, 2.75) is 45.3 Å². The van der Waals surface area contributed by atoms with Crippen molar-refractivity contribution in [1.82, 2.24) is 15.2 Å². The standard InChI is InChI=1S/C21H29N3O/c1-3-19(18-9-4-5-10-21(18)25)23-20-11-13-24(14-16(20)2)15-17-8-6-7-12-22-17/h4-10,12,16,19-20,23,25H,3,11,13-15H2,1-2H3/t16-,19-,20+/m0/s1. The molecule has 0 amide bonds. The summed E-state index contributed by atoms with van der Waals surface area (Å²) in [6, 6.07) is 14.5. The van der Waals surface area contributed by atoms with Crippen LogP contribution in [-0.4, -0.2) is 34.1 Å². The molecule has 1 saturated heterocycles. The van der Waals surface area contributed by atoms with E-state index < -0.39 is 0 Å². The highest BCUT2D eigenvalue weighted by Gasteiger charge is 2.28. The Labute approximate surface area is 150 Å². The van der Waals surface area contributed by atoms with E-state index in [0.717, 1.165) is 43.7 Å². The first-order valence-corrected chi connectivity index (χ1v) is 9.33. The predicted octanol–water partition coefficient (Wildman–Crippen LogP) is 3.74. The third kappa shape index (κ3) is 4.59. The Balaban J connectivity index is 1.58. The van der Waals surface area contributed by atoms with Gasteiger partial charge in [0.05, 0.1) is 5.69 Å². The molecule has 25 heavy (non-hydrogen) atoms. The summed E-state index contributed by atoms with van der Waals surface area (Å²) in [5, 5.41) is 14.0. The van der Waals surface area contributed by atoms with Crippen LogP contribution in [0.5, 0.6) is 5.75 Å². The maximum Gasteiger partial charge on any atom is 0.120 e. The Morgan fingerprint density at radius 3 is 2.72 bits per heavy atom. The minimum absolute atomic E-state index is 0.205. The molecule has 3 atom stereocenters. The number of nitrogens with one attached hydrogen (secondary N) is 1. The minimum atomic E-state index is 0.205. The molecule has 134 valence electrons. The van der Waals surface area contributed by atoms with Crippen LogP contribution in [0.25, 0.3) is 0 Å². The van der Waals surface area contributed by atoms with E-state index in [0.29, 0.717) is 17.7 Å². The first-order valence-electron chi connectivity index (χ1n) is 9.33. The van der Waals surface area contributed by atoms with Crippen LogP contribution in [0.4, 0.5) is 0 Å². The zero-order chi connectivity index (χ0) is 17.6. The van der Waals surface area contributed by atoms with Crippen LogP contribution < -0.4 is 5.32 Å². The Morgan fingerprint density at radius 1 is 1.24 bits per heavy atom. The van der Waals surface area contributed by atoms with E-state index in [2.05, 4.69) is 41.2 Å². The number of piperidine rings is 1. The molecule has 0 unspecified atom stereocenters. The van der Waals surface area contributed by atoms with E-state index in [9.17, 15) is 5.11 Å². The quantitative estimate of drug-likeness (QED) is 0.842. The number of hydrogen-bond donors (Lipinski definition) is 2. The van der Waals surface area contributed by atoms with Crippen LogP contribution in [-0.2, 0) is 6.54 Å². The molecular formula is C21H29N3O. The SMILES string of the molecule is CC[C@H](N[C@@H]1CCN(Cc2ccccn2)C[C@@H]1C)c1ccccc1O. The molecule has 2 aromatic rings. The van der Waals surface area contributed by atoms with Gasteiger partial charge >= 0.3 is 0 Å². The molecule has 1 aromatic heterocycles. The van der Waals surface area contributed by atoms with E-state index in [1.54, 1.807) is 6.07 Å². The zero-order valence-electron chi connectivity index (χ0n) is 15.2. The molecule has 3 rings (SSSR count). The minimum Gasteiger partial charge on any atom is -0.508 e. The van der Waals surface area contributed by atoms with E-state index in [1.807, 2.05) is 30.5 Å². The lowest BCUT2D eigenvalue weighted by Gasteiger charge is -2.39. The molecule has 0 aliphatic carbocycles. The Morgan fingerprint density at radius 2 is 2.04 bits per heavy atom. The van der Waals surface area contributed by atoms with Gasteiger partial charge in [-0.15, -0.1) is 0 Å². The summed E-state index contributed by atoms with van der Waals surface area (Å²) in [7, 11) is 0. The highest BCUT2D eigenvalue weighted by molar-refractivity contribution is 5.34. The van der Waals surface area contributed by atoms with E-state index in [-0.39, 0.29) is 6.04 Å². The lowest BCUT2D eigenvalue weighted by atomic mass is 9.91. The van der Waals surface area contributed by atoms with Crippen LogP contribution in [0, 0.1) is 5.92 Å². The Bertz CT molecular complexity index is 661. The predicted molar refractivity (Wildman–Crippen MR) is 101 cm³/mol. The molecule has 4 heteroatoms. The van der Waals surface area contributed by atoms with Crippen molar-refractivity contribution in [3.8, 4) is 5.75 Å². The van der Waals surface area contributed by atoms with Crippen molar-refractivity contribution in [2.24, 2.45) is 5.92 Å². The lowest BCUT2D eigenvalue weighted by molar-refractivity contribution is 0.132. The summed E-state index contributed by atoms with van der Waals surface area (Å²) in [6.45, 7) is 7.57. The average molecular weight is 339 g/mol. The van der Waals surface area contributed by atoms with Gasteiger partial charge in [-0.25, -0.2) is 0 Å². The van der Waals surface area contributed by atoms with Gasteiger partial charge in [-0.3, -0.25) is 9.88 Å². The Kier molecular flexibility index (Phi) is 6.05. The van der Waals surface area contributed by atoms with Crippen LogP contribution >= 0.6 is 0 Å². The number of likely N-dealkylation sites (tertiary alicyclic amines) is 1. The number of pyridine rings is 1.